The van der Waals surface area contributed by atoms with Gasteiger partial charge in [0.25, 0.3) is 0 Å². The lowest BCUT2D eigenvalue weighted by Crippen LogP contribution is -2.32. The Morgan fingerprint density at radius 1 is 1.37 bits per heavy atom. The highest BCUT2D eigenvalue weighted by atomic mass is 35.5. The van der Waals surface area contributed by atoms with E-state index >= 15 is 0 Å². The molecule has 6 heteroatoms. The van der Waals surface area contributed by atoms with Crippen molar-refractivity contribution >= 4 is 40.6 Å². The number of halogens is 1. The van der Waals surface area contributed by atoms with Gasteiger partial charge in [0.2, 0.25) is 11.9 Å². The van der Waals surface area contributed by atoms with Gasteiger partial charge in [0.05, 0.1) is 0 Å². The Morgan fingerprint density at radius 3 is 3.05 bits per heavy atom. The molecule has 1 unspecified atom stereocenters. The van der Waals surface area contributed by atoms with Gasteiger partial charge in [-0.25, -0.2) is 4.99 Å². The molecule has 1 aromatic heterocycles. The summed E-state index contributed by atoms with van der Waals surface area (Å²) in [6.07, 6.45) is 3.76. The van der Waals surface area contributed by atoms with E-state index in [2.05, 4.69) is 22.1 Å². The van der Waals surface area contributed by atoms with Crippen molar-refractivity contribution in [1.29, 1.82) is 0 Å². The lowest BCUT2D eigenvalue weighted by Gasteiger charge is -2.23. The molecule has 2 aliphatic heterocycles. The monoisotopic (exact) mass is 297 g/mol. The molecular formula is C13H16ClN3OS. The third-order valence-corrected chi connectivity index (χ3v) is 5.48. The molecule has 0 spiro atoms. The number of carbonyl (C=O) groups is 1. The molecule has 0 radical (unpaired) electrons. The van der Waals surface area contributed by atoms with E-state index in [9.17, 15) is 4.79 Å². The van der Waals surface area contributed by atoms with Crippen molar-refractivity contribution in [2.75, 3.05) is 6.54 Å². The van der Waals surface area contributed by atoms with Gasteiger partial charge >= 0.3 is 0 Å². The number of nitrogens with one attached hydrogen (secondary N) is 1. The average Bonchev–Trinajstić information content (AvgIpc) is 2.86. The number of fused-ring (bicyclic) bond motifs is 4. The zero-order valence-electron chi connectivity index (χ0n) is 10.7. The smallest absolute Gasteiger partial charge is 0.246 e. The third-order valence-electron chi connectivity index (χ3n) is 4.08. The van der Waals surface area contributed by atoms with Gasteiger partial charge in [0.1, 0.15) is 11.5 Å². The molecule has 0 saturated carbocycles. The van der Waals surface area contributed by atoms with Crippen molar-refractivity contribution in [2.45, 2.75) is 38.6 Å². The summed E-state index contributed by atoms with van der Waals surface area (Å²) in [6.45, 7) is 3.62. The van der Waals surface area contributed by atoms with E-state index in [1.165, 1.54) is 35.3 Å². The molecule has 3 heterocycles. The number of carbonyl (C=O) groups excluding carboxylic acids is 1. The van der Waals surface area contributed by atoms with Gasteiger partial charge in [-0.3, -0.25) is 10.1 Å². The van der Waals surface area contributed by atoms with Crippen LogP contribution in [0.4, 0.5) is 5.00 Å². The quantitative estimate of drug-likeness (QED) is 0.800. The maximum absolute atomic E-state index is 11.4. The zero-order chi connectivity index (χ0) is 12.3. The highest BCUT2D eigenvalue weighted by molar-refractivity contribution is 7.16. The SMILES string of the molecule is CC1CCCc2c1sc1c2CN2CC(=O)NC2=N1.Cl. The van der Waals surface area contributed by atoms with E-state index in [1.807, 2.05) is 11.3 Å². The Bertz CT molecular complexity index is 581. The van der Waals surface area contributed by atoms with Crippen LogP contribution in [0, 0.1) is 0 Å². The van der Waals surface area contributed by atoms with E-state index < -0.39 is 0 Å². The predicted molar refractivity (Wildman–Crippen MR) is 78.6 cm³/mol. The minimum atomic E-state index is 0. The number of nitrogens with zero attached hydrogens (tertiary/aromatic N) is 2. The fourth-order valence-corrected chi connectivity index (χ4v) is 4.47. The number of rotatable bonds is 0. The Hall–Kier alpha value is -1.07. The minimum absolute atomic E-state index is 0. The fraction of sp³-hybridized carbons (Fsp3) is 0.538. The number of guanidine groups is 1. The van der Waals surface area contributed by atoms with Gasteiger partial charge in [-0.1, -0.05) is 6.92 Å². The van der Waals surface area contributed by atoms with Crippen LogP contribution in [-0.2, 0) is 17.8 Å². The molecule has 4 nitrogen and oxygen atoms in total. The molecule has 4 rings (SSSR count). The van der Waals surface area contributed by atoms with E-state index in [0.29, 0.717) is 12.5 Å². The first-order chi connectivity index (χ1) is 8.72. The Kier molecular flexibility index (Phi) is 3.06. The van der Waals surface area contributed by atoms with Crippen LogP contribution in [0.3, 0.4) is 0 Å². The molecule has 0 bridgehead atoms. The summed E-state index contributed by atoms with van der Waals surface area (Å²) < 4.78 is 0. The summed E-state index contributed by atoms with van der Waals surface area (Å²) in [6, 6.07) is 0. The highest BCUT2D eigenvalue weighted by Gasteiger charge is 2.33. The van der Waals surface area contributed by atoms with Crippen LogP contribution in [-0.4, -0.2) is 23.3 Å². The summed E-state index contributed by atoms with van der Waals surface area (Å²) >= 11 is 1.83. The summed E-state index contributed by atoms with van der Waals surface area (Å²) in [7, 11) is 0. The Morgan fingerprint density at radius 2 is 2.21 bits per heavy atom. The maximum atomic E-state index is 11.4. The molecule has 102 valence electrons. The number of amides is 1. The molecule has 0 aromatic carbocycles. The Balaban J connectivity index is 0.00000110. The van der Waals surface area contributed by atoms with Gasteiger partial charge in [-0.05, 0) is 30.7 Å². The normalized spacial score (nSPS) is 23.8. The first-order valence-corrected chi connectivity index (χ1v) is 7.32. The number of aliphatic imine (C=N–C) groups is 1. The van der Waals surface area contributed by atoms with Crippen LogP contribution in [0.1, 0.15) is 41.7 Å². The van der Waals surface area contributed by atoms with Gasteiger partial charge in [-0.2, -0.15) is 0 Å². The standard InChI is InChI=1S/C13H15N3OS.ClH/c1-7-3-2-4-8-9-5-16-6-10(17)14-13(16)15-12(9)18-11(7)8;/h7H,2-6H2,1H3,(H,14,15,17);1H. The van der Waals surface area contributed by atoms with Gasteiger partial charge in [0, 0.05) is 17.0 Å². The van der Waals surface area contributed by atoms with Crippen LogP contribution in [0.2, 0.25) is 0 Å². The summed E-state index contributed by atoms with van der Waals surface area (Å²) in [4.78, 5) is 19.6. The van der Waals surface area contributed by atoms with Crippen LogP contribution in [0.25, 0.3) is 0 Å². The van der Waals surface area contributed by atoms with Gasteiger partial charge in [-0.15, -0.1) is 23.7 Å². The topological polar surface area (TPSA) is 44.7 Å². The summed E-state index contributed by atoms with van der Waals surface area (Å²) in [5, 5.41) is 3.96. The Labute approximate surface area is 122 Å². The van der Waals surface area contributed by atoms with E-state index in [-0.39, 0.29) is 18.3 Å². The van der Waals surface area contributed by atoms with E-state index in [0.717, 1.165) is 17.5 Å². The predicted octanol–water partition coefficient (Wildman–Crippen LogP) is 2.54. The van der Waals surface area contributed by atoms with Crippen molar-refractivity contribution in [3.63, 3.8) is 0 Å². The second-order valence-electron chi connectivity index (χ2n) is 5.36. The molecule has 1 aliphatic carbocycles. The second kappa shape index (κ2) is 4.49. The van der Waals surface area contributed by atoms with Crippen molar-refractivity contribution in [1.82, 2.24) is 10.2 Å². The largest absolute Gasteiger partial charge is 0.329 e. The molecule has 3 aliphatic rings. The summed E-state index contributed by atoms with van der Waals surface area (Å²) in [5.74, 6) is 1.49. The lowest BCUT2D eigenvalue weighted by molar-refractivity contribution is -0.118. The first kappa shape index (κ1) is 12.9. The van der Waals surface area contributed by atoms with Crippen LogP contribution in [0.5, 0.6) is 0 Å². The molecular weight excluding hydrogens is 282 g/mol. The van der Waals surface area contributed by atoms with Crippen molar-refractivity contribution in [2.24, 2.45) is 4.99 Å². The molecule has 1 saturated heterocycles. The first-order valence-electron chi connectivity index (χ1n) is 6.50. The fourth-order valence-electron chi connectivity index (χ4n) is 3.15. The molecule has 1 amide bonds. The van der Waals surface area contributed by atoms with Crippen molar-refractivity contribution in [3.8, 4) is 0 Å². The molecule has 1 atom stereocenters. The third kappa shape index (κ3) is 1.87. The minimum Gasteiger partial charge on any atom is -0.329 e. The highest BCUT2D eigenvalue weighted by Crippen LogP contribution is 2.46. The second-order valence-corrected chi connectivity index (χ2v) is 6.39. The molecule has 1 aromatic rings. The van der Waals surface area contributed by atoms with Gasteiger partial charge < -0.3 is 4.90 Å². The van der Waals surface area contributed by atoms with Crippen molar-refractivity contribution < 1.29 is 4.79 Å². The van der Waals surface area contributed by atoms with E-state index in [4.69, 9.17) is 0 Å². The number of hydrogen-bond acceptors (Lipinski definition) is 4. The van der Waals surface area contributed by atoms with Crippen LogP contribution < -0.4 is 5.32 Å². The lowest BCUT2D eigenvalue weighted by atomic mass is 9.88. The number of thiophene rings is 1. The molecule has 19 heavy (non-hydrogen) atoms. The number of hydrogen-bond donors (Lipinski definition) is 1. The van der Waals surface area contributed by atoms with Crippen LogP contribution in [0.15, 0.2) is 4.99 Å². The summed E-state index contributed by atoms with van der Waals surface area (Å²) in [5.41, 5.74) is 2.90. The maximum Gasteiger partial charge on any atom is 0.246 e. The zero-order valence-corrected chi connectivity index (χ0v) is 12.4. The molecule has 1 fully saturated rings. The van der Waals surface area contributed by atoms with E-state index in [1.54, 1.807) is 0 Å². The van der Waals surface area contributed by atoms with Crippen molar-refractivity contribution in [3.05, 3.63) is 16.0 Å². The van der Waals surface area contributed by atoms with Gasteiger partial charge in [0.15, 0.2) is 0 Å². The molecule has 1 N–H and O–H groups in total. The average molecular weight is 298 g/mol. The van der Waals surface area contributed by atoms with Crippen LogP contribution >= 0.6 is 23.7 Å².